The molecule has 0 unspecified atom stereocenters. The van der Waals surface area contributed by atoms with Crippen molar-refractivity contribution in [2.45, 2.75) is 19.3 Å². The molecule has 1 aromatic carbocycles. The topological polar surface area (TPSA) is 83.9 Å². The molecule has 7 heteroatoms. The number of nitrogens with zero attached hydrogens (tertiary/aromatic N) is 2. The van der Waals surface area contributed by atoms with E-state index in [1.54, 1.807) is 14.2 Å². The second-order valence-corrected chi connectivity index (χ2v) is 6.90. The Labute approximate surface area is 165 Å². The molecule has 7 nitrogen and oxygen atoms in total. The van der Waals surface area contributed by atoms with Crippen LogP contribution in [0.3, 0.4) is 0 Å². The van der Waals surface area contributed by atoms with Gasteiger partial charge in [0.1, 0.15) is 17.3 Å². The van der Waals surface area contributed by atoms with Crippen LogP contribution in [0.5, 0.6) is 11.5 Å². The monoisotopic (exact) mass is 385 g/mol. The van der Waals surface area contributed by atoms with Gasteiger partial charge in [-0.3, -0.25) is 0 Å². The molecule has 0 bridgehead atoms. The van der Waals surface area contributed by atoms with Gasteiger partial charge < -0.3 is 24.8 Å². The zero-order valence-corrected chi connectivity index (χ0v) is 16.4. The molecule has 150 valence electrons. The molecule has 2 N–H and O–H groups in total. The second-order valence-electron chi connectivity index (χ2n) is 6.90. The normalized spacial score (nSPS) is 14.6. The first kappa shape index (κ1) is 19.8. The van der Waals surface area contributed by atoms with Crippen LogP contribution in [-0.2, 0) is 0 Å². The van der Waals surface area contributed by atoms with Gasteiger partial charge in [0.05, 0.1) is 19.9 Å². The third-order valence-electron chi connectivity index (χ3n) is 5.19. The van der Waals surface area contributed by atoms with Gasteiger partial charge in [0.2, 0.25) is 0 Å². The molecule has 0 radical (unpaired) electrons. The van der Waals surface area contributed by atoms with Crippen molar-refractivity contribution in [1.29, 1.82) is 0 Å². The van der Waals surface area contributed by atoms with Crippen molar-refractivity contribution in [2.24, 2.45) is 5.92 Å². The number of amides is 1. The maximum absolute atomic E-state index is 10.6. The number of carbonyl (C=O) groups is 1. The highest BCUT2D eigenvalue weighted by molar-refractivity contribution is 5.70. The molecule has 28 heavy (non-hydrogen) atoms. The zero-order valence-electron chi connectivity index (χ0n) is 16.4. The molecule has 1 saturated heterocycles. The van der Waals surface area contributed by atoms with Gasteiger partial charge >= 0.3 is 6.09 Å². The van der Waals surface area contributed by atoms with Crippen LogP contribution < -0.4 is 19.7 Å². The number of hydrogen-bond donors (Lipinski definition) is 2. The second kappa shape index (κ2) is 9.30. The van der Waals surface area contributed by atoms with Gasteiger partial charge in [-0.05, 0) is 49.4 Å². The maximum Gasteiger partial charge on any atom is 0.404 e. The highest BCUT2D eigenvalue weighted by Gasteiger charge is 2.20. The van der Waals surface area contributed by atoms with Gasteiger partial charge in [-0.25, -0.2) is 9.78 Å². The van der Waals surface area contributed by atoms with Gasteiger partial charge in [-0.2, -0.15) is 0 Å². The summed E-state index contributed by atoms with van der Waals surface area (Å²) in [5.74, 6) is 2.98. The van der Waals surface area contributed by atoms with E-state index in [2.05, 4.69) is 10.2 Å². The Balaban J connectivity index is 1.67. The van der Waals surface area contributed by atoms with E-state index in [1.165, 1.54) is 0 Å². The highest BCUT2D eigenvalue weighted by atomic mass is 16.5. The standard InChI is InChI=1S/C21H27N3O4/c1-27-16-6-7-17(19(14-16)28-2)18-4-3-5-20(23-18)24-12-9-15(10-13-24)8-11-22-21(25)26/h3-7,14-15,22H,8-13H2,1-2H3,(H,25,26). The Morgan fingerprint density at radius 3 is 2.68 bits per heavy atom. The number of rotatable bonds is 7. The van der Waals surface area contributed by atoms with Crippen molar-refractivity contribution in [1.82, 2.24) is 10.3 Å². The summed E-state index contributed by atoms with van der Waals surface area (Å²) in [4.78, 5) is 17.7. The van der Waals surface area contributed by atoms with Gasteiger partial charge in [-0.15, -0.1) is 0 Å². The summed E-state index contributed by atoms with van der Waals surface area (Å²) < 4.78 is 10.8. The van der Waals surface area contributed by atoms with Crippen LogP contribution >= 0.6 is 0 Å². The van der Waals surface area contributed by atoms with E-state index in [9.17, 15) is 4.79 Å². The van der Waals surface area contributed by atoms with Gasteiger partial charge in [0, 0.05) is 31.3 Å². The molecule has 1 amide bonds. The number of nitrogens with one attached hydrogen (secondary N) is 1. The minimum absolute atomic E-state index is 0.519. The summed E-state index contributed by atoms with van der Waals surface area (Å²) >= 11 is 0. The average molecular weight is 385 g/mol. The number of pyridine rings is 1. The quantitative estimate of drug-likeness (QED) is 0.757. The number of piperidine rings is 1. The lowest BCUT2D eigenvalue weighted by Crippen LogP contribution is -2.35. The SMILES string of the molecule is COc1ccc(-c2cccc(N3CCC(CCNC(=O)O)CC3)n2)c(OC)c1. The van der Waals surface area contributed by atoms with Crippen LogP contribution in [0, 0.1) is 5.92 Å². The van der Waals surface area contributed by atoms with Crippen molar-refractivity contribution in [3.05, 3.63) is 36.4 Å². The van der Waals surface area contributed by atoms with Crippen molar-refractivity contribution in [2.75, 3.05) is 38.8 Å². The molecule has 0 saturated carbocycles. The van der Waals surface area contributed by atoms with Crippen LogP contribution in [-0.4, -0.2) is 50.0 Å². The number of ether oxygens (including phenoxy) is 2. The fourth-order valence-corrected chi connectivity index (χ4v) is 3.59. The number of carboxylic acid groups (broad SMARTS) is 1. The van der Waals surface area contributed by atoms with E-state index in [4.69, 9.17) is 19.6 Å². The number of methoxy groups -OCH3 is 2. The van der Waals surface area contributed by atoms with E-state index in [0.29, 0.717) is 12.5 Å². The fraction of sp³-hybridized carbons (Fsp3) is 0.429. The smallest absolute Gasteiger partial charge is 0.404 e. The lowest BCUT2D eigenvalue weighted by Gasteiger charge is -2.33. The predicted molar refractivity (Wildman–Crippen MR) is 108 cm³/mol. The first-order chi connectivity index (χ1) is 13.6. The molecule has 1 aliphatic heterocycles. The molecule has 1 aliphatic rings. The Kier molecular flexibility index (Phi) is 6.57. The van der Waals surface area contributed by atoms with E-state index in [1.807, 2.05) is 36.4 Å². The lowest BCUT2D eigenvalue weighted by molar-refractivity contribution is 0.193. The first-order valence-electron chi connectivity index (χ1n) is 9.52. The Hall–Kier alpha value is -2.96. The summed E-state index contributed by atoms with van der Waals surface area (Å²) in [7, 11) is 3.28. The average Bonchev–Trinajstić information content (AvgIpc) is 2.73. The highest BCUT2D eigenvalue weighted by Crippen LogP contribution is 2.33. The largest absolute Gasteiger partial charge is 0.497 e. The van der Waals surface area contributed by atoms with Crippen LogP contribution in [0.15, 0.2) is 36.4 Å². The van der Waals surface area contributed by atoms with Crippen molar-refractivity contribution in [3.8, 4) is 22.8 Å². The molecule has 0 atom stereocenters. The van der Waals surface area contributed by atoms with Crippen LogP contribution in [0.2, 0.25) is 0 Å². The molecule has 0 spiro atoms. The minimum Gasteiger partial charge on any atom is -0.497 e. The summed E-state index contributed by atoms with van der Waals surface area (Å²) in [6.07, 6.45) is 2.02. The molecule has 2 heterocycles. The molecular weight excluding hydrogens is 358 g/mol. The zero-order chi connectivity index (χ0) is 19.9. The van der Waals surface area contributed by atoms with E-state index in [0.717, 1.165) is 60.9 Å². The van der Waals surface area contributed by atoms with Gasteiger partial charge in [0.15, 0.2) is 0 Å². The maximum atomic E-state index is 10.6. The molecule has 0 aliphatic carbocycles. The van der Waals surface area contributed by atoms with Crippen molar-refractivity contribution < 1.29 is 19.4 Å². The van der Waals surface area contributed by atoms with Gasteiger partial charge in [0.25, 0.3) is 0 Å². The Morgan fingerprint density at radius 2 is 2.00 bits per heavy atom. The van der Waals surface area contributed by atoms with Crippen LogP contribution in [0.4, 0.5) is 10.6 Å². The van der Waals surface area contributed by atoms with E-state index >= 15 is 0 Å². The van der Waals surface area contributed by atoms with Crippen molar-refractivity contribution in [3.63, 3.8) is 0 Å². The van der Waals surface area contributed by atoms with Crippen molar-refractivity contribution >= 4 is 11.9 Å². The number of aromatic nitrogens is 1. The van der Waals surface area contributed by atoms with Crippen LogP contribution in [0.1, 0.15) is 19.3 Å². The summed E-state index contributed by atoms with van der Waals surface area (Å²) in [6.45, 7) is 2.37. The van der Waals surface area contributed by atoms with Crippen LogP contribution in [0.25, 0.3) is 11.3 Å². The summed E-state index contributed by atoms with van der Waals surface area (Å²) in [5, 5.41) is 11.1. The Morgan fingerprint density at radius 1 is 1.21 bits per heavy atom. The third-order valence-corrected chi connectivity index (χ3v) is 5.19. The molecule has 1 aromatic heterocycles. The van der Waals surface area contributed by atoms with Gasteiger partial charge in [-0.1, -0.05) is 6.07 Å². The fourth-order valence-electron chi connectivity index (χ4n) is 3.59. The molecule has 3 rings (SSSR count). The summed E-state index contributed by atoms with van der Waals surface area (Å²) in [5.41, 5.74) is 1.80. The molecule has 1 fully saturated rings. The lowest BCUT2D eigenvalue weighted by atomic mass is 9.93. The number of anilines is 1. The van der Waals surface area contributed by atoms with E-state index in [-0.39, 0.29) is 0 Å². The molecule has 2 aromatic rings. The number of hydrogen-bond acceptors (Lipinski definition) is 5. The number of benzene rings is 1. The molecular formula is C21H27N3O4. The third kappa shape index (κ3) is 4.85. The summed E-state index contributed by atoms with van der Waals surface area (Å²) in [6, 6.07) is 11.8. The first-order valence-corrected chi connectivity index (χ1v) is 9.52. The predicted octanol–water partition coefficient (Wildman–Crippen LogP) is 3.64. The minimum atomic E-state index is -0.951. The Bertz CT molecular complexity index is 804. The van der Waals surface area contributed by atoms with E-state index < -0.39 is 6.09 Å².